The maximum atomic E-state index is 12.2. The zero-order chi connectivity index (χ0) is 17.0. The van der Waals surface area contributed by atoms with Crippen molar-refractivity contribution >= 4 is 17.3 Å². The molecule has 23 heavy (non-hydrogen) atoms. The number of carbonyl (C=O) groups is 1. The van der Waals surface area contributed by atoms with E-state index in [1.807, 2.05) is 36.4 Å². The molecule has 4 heteroatoms. The third-order valence-electron chi connectivity index (χ3n) is 3.46. The van der Waals surface area contributed by atoms with Crippen LogP contribution in [-0.2, 0) is 5.41 Å². The van der Waals surface area contributed by atoms with Gasteiger partial charge in [-0.15, -0.1) is 0 Å². The fourth-order valence-electron chi connectivity index (χ4n) is 2.15. The normalized spacial score (nSPS) is 10.9. The third-order valence-corrected chi connectivity index (χ3v) is 3.46. The number of hydrogen-bond acceptors (Lipinski definition) is 3. The fourth-order valence-corrected chi connectivity index (χ4v) is 2.15. The highest BCUT2D eigenvalue weighted by Crippen LogP contribution is 2.22. The molecule has 2 rings (SSSR count). The molecule has 0 aromatic heterocycles. The van der Waals surface area contributed by atoms with E-state index in [9.17, 15) is 4.79 Å². The number of amides is 1. The minimum Gasteiger partial charge on any atom is -0.399 e. The van der Waals surface area contributed by atoms with Gasteiger partial charge < -0.3 is 16.4 Å². The van der Waals surface area contributed by atoms with Gasteiger partial charge in [-0.05, 0) is 41.3 Å². The molecule has 0 aliphatic rings. The van der Waals surface area contributed by atoms with Crippen LogP contribution in [0.2, 0.25) is 0 Å². The molecule has 0 saturated heterocycles. The smallest absolute Gasteiger partial charge is 0.256 e. The number of benzene rings is 2. The lowest BCUT2D eigenvalue weighted by atomic mass is 9.87. The van der Waals surface area contributed by atoms with Gasteiger partial charge in [-0.3, -0.25) is 4.79 Å². The summed E-state index contributed by atoms with van der Waals surface area (Å²) < 4.78 is 0. The first-order valence-electron chi connectivity index (χ1n) is 7.49. The van der Waals surface area contributed by atoms with Crippen LogP contribution in [0.5, 0.6) is 0 Å². The maximum Gasteiger partial charge on any atom is 0.256 e. The molecular formula is C19H23N3O. The Morgan fingerprint density at radius 2 is 1.74 bits per heavy atom. The monoisotopic (exact) mass is 309 g/mol. The van der Waals surface area contributed by atoms with Gasteiger partial charge in [-0.1, -0.05) is 45.5 Å². The van der Waals surface area contributed by atoms with Crippen LogP contribution in [0.15, 0.2) is 60.9 Å². The van der Waals surface area contributed by atoms with Gasteiger partial charge in [-0.2, -0.15) is 0 Å². The maximum absolute atomic E-state index is 12.2. The first-order valence-corrected chi connectivity index (χ1v) is 7.49. The molecule has 0 unspecified atom stereocenters. The molecule has 0 atom stereocenters. The Balaban J connectivity index is 2.00. The Morgan fingerprint density at radius 3 is 2.30 bits per heavy atom. The van der Waals surface area contributed by atoms with Crippen LogP contribution < -0.4 is 16.4 Å². The highest BCUT2D eigenvalue weighted by atomic mass is 16.1. The summed E-state index contributed by atoms with van der Waals surface area (Å²) in [7, 11) is 0. The van der Waals surface area contributed by atoms with E-state index in [-0.39, 0.29) is 11.3 Å². The van der Waals surface area contributed by atoms with Crippen molar-refractivity contribution in [1.29, 1.82) is 0 Å². The lowest BCUT2D eigenvalue weighted by molar-refractivity contribution is 0.0966. The quantitative estimate of drug-likeness (QED) is 0.751. The molecule has 0 fully saturated rings. The predicted molar refractivity (Wildman–Crippen MR) is 96.2 cm³/mol. The number of rotatable bonds is 4. The van der Waals surface area contributed by atoms with Crippen LogP contribution in [-0.4, -0.2) is 5.91 Å². The topological polar surface area (TPSA) is 67.2 Å². The van der Waals surface area contributed by atoms with Gasteiger partial charge in [0.25, 0.3) is 5.91 Å². The first kappa shape index (κ1) is 16.6. The van der Waals surface area contributed by atoms with Gasteiger partial charge in [0.2, 0.25) is 0 Å². The minimum atomic E-state index is -0.202. The first-order chi connectivity index (χ1) is 10.8. The van der Waals surface area contributed by atoms with Crippen molar-refractivity contribution in [2.24, 2.45) is 0 Å². The number of nitrogens with two attached hydrogens (primary N) is 1. The van der Waals surface area contributed by atoms with E-state index in [1.165, 1.54) is 5.56 Å². The number of hydrogen-bond donors (Lipinski definition) is 3. The molecule has 2 aromatic carbocycles. The molecular weight excluding hydrogens is 286 g/mol. The van der Waals surface area contributed by atoms with E-state index in [2.05, 4.69) is 38.0 Å². The molecule has 2 aromatic rings. The molecule has 0 bridgehead atoms. The summed E-state index contributed by atoms with van der Waals surface area (Å²) in [6.07, 6.45) is 0. The highest BCUT2D eigenvalue weighted by molar-refractivity contribution is 5.95. The van der Waals surface area contributed by atoms with E-state index in [0.29, 0.717) is 17.1 Å². The number of carbonyl (C=O) groups excluding carboxylic acids is 1. The van der Waals surface area contributed by atoms with Crippen LogP contribution in [0.1, 0.15) is 36.7 Å². The van der Waals surface area contributed by atoms with E-state index < -0.39 is 0 Å². The second-order valence-corrected chi connectivity index (χ2v) is 6.51. The summed E-state index contributed by atoms with van der Waals surface area (Å²) in [6.45, 7) is 10.2. The van der Waals surface area contributed by atoms with Gasteiger partial charge >= 0.3 is 0 Å². The Labute approximate surface area is 137 Å². The summed E-state index contributed by atoms with van der Waals surface area (Å²) in [5.74, 6) is 0.201. The largest absolute Gasteiger partial charge is 0.399 e. The van der Waals surface area contributed by atoms with Gasteiger partial charge in [0, 0.05) is 16.9 Å². The second-order valence-electron chi connectivity index (χ2n) is 6.51. The molecule has 0 aliphatic carbocycles. The molecule has 1 amide bonds. The SMILES string of the molecule is C=C(NC(=O)c1ccc(C(C)(C)C)cc1)Nc1cccc(N)c1. The van der Waals surface area contributed by atoms with Crippen molar-refractivity contribution in [2.75, 3.05) is 11.1 Å². The Hall–Kier alpha value is -2.75. The van der Waals surface area contributed by atoms with E-state index in [4.69, 9.17) is 5.73 Å². The van der Waals surface area contributed by atoms with Crippen LogP contribution >= 0.6 is 0 Å². The molecule has 0 saturated carbocycles. The predicted octanol–water partition coefficient (Wildman–Crippen LogP) is 3.88. The van der Waals surface area contributed by atoms with Crippen LogP contribution in [0.3, 0.4) is 0 Å². The van der Waals surface area contributed by atoms with Crippen LogP contribution in [0.25, 0.3) is 0 Å². The Morgan fingerprint density at radius 1 is 1.09 bits per heavy atom. The summed E-state index contributed by atoms with van der Waals surface area (Å²) >= 11 is 0. The molecule has 4 N–H and O–H groups in total. The number of nitrogen functional groups attached to an aromatic ring is 1. The van der Waals surface area contributed by atoms with Gasteiger partial charge in [0.15, 0.2) is 0 Å². The zero-order valence-electron chi connectivity index (χ0n) is 13.8. The van der Waals surface area contributed by atoms with Crippen molar-refractivity contribution in [3.63, 3.8) is 0 Å². The molecule has 0 spiro atoms. The third kappa shape index (κ3) is 4.61. The van der Waals surface area contributed by atoms with E-state index in [1.54, 1.807) is 12.1 Å². The Bertz CT molecular complexity index is 712. The van der Waals surface area contributed by atoms with E-state index in [0.717, 1.165) is 5.69 Å². The molecule has 4 nitrogen and oxygen atoms in total. The molecule has 0 heterocycles. The fraction of sp³-hybridized carbons (Fsp3) is 0.211. The number of nitrogens with one attached hydrogen (secondary N) is 2. The van der Waals surface area contributed by atoms with Crippen molar-refractivity contribution in [3.8, 4) is 0 Å². The van der Waals surface area contributed by atoms with Gasteiger partial charge in [-0.25, -0.2) is 0 Å². The summed E-state index contributed by atoms with van der Waals surface area (Å²) in [6, 6.07) is 14.8. The van der Waals surface area contributed by atoms with Crippen molar-refractivity contribution in [3.05, 3.63) is 72.1 Å². The van der Waals surface area contributed by atoms with Crippen molar-refractivity contribution < 1.29 is 4.79 Å². The second kappa shape index (κ2) is 6.57. The van der Waals surface area contributed by atoms with Crippen molar-refractivity contribution in [2.45, 2.75) is 26.2 Å². The van der Waals surface area contributed by atoms with Crippen LogP contribution in [0.4, 0.5) is 11.4 Å². The average molecular weight is 309 g/mol. The average Bonchev–Trinajstić information content (AvgIpc) is 2.46. The number of anilines is 2. The lowest BCUT2D eigenvalue weighted by Crippen LogP contribution is -2.26. The molecule has 120 valence electrons. The minimum absolute atomic E-state index is 0.0629. The standard InChI is InChI=1S/C19H23N3O/c1-13(21-17-7-5-6-16(20)12-17)22-18(23)14-8-10-15(11-9-14)19(2,3)4/h5-12,21H,1,20H2,2-4H3,(H,22,23). The summed E-state index contributed by atoms with van der Waals surface area (Å²) in [4.78, 5) is 12.2. The highest BCUT2D eigenvalue weighted by Gasteiger charge is 2.14. The van der Waals surface area contributed by atoms with E-state index >= 15 is 0 Å². The Kier molecular flexibility index (Phi) is 4.74. The van der Waals surface area contributed by atoms with Crippen LogP contribution in [0, 0.1) is 0 Å². The van der Waals surface area contributed by atoms with Gasteiger partial charge in [0.1, 0.15) is 5.82 Å². The lowest BCUT2D eigenvalue weighted by Gasteiger charge is -2.19. The zero-order valence-corrected chi connectivity index (χ0v) is 13.8. The van der Waals surface area contributed by atoms with Gasteiger partial charge in [0.05, 0.1) is 0 Å². The summed E-state index contributed by atoms with van der Waals surface area (Å²) in [5.41, 5.74) is 8.98. The molecule has 0 aliphatic heterocycles. The molecule has 0 radical (unpaired) electrons. The van der Waals surface area contributed by atoms with Crippen molar-refractivity contribution in [1.82, 2.24) is 5.32 Å². The summed E-state index contributed by atoms with van der Waals surface area (Å²) in [5, 5.41) is 5.75.